The average Bonchev–Trinajstić information content (AvgIpc) is 2.46. The smallest absolute Gasteiger partial charge is 0.326 e. The molecule has 0 spiro atoms. The molecule has 0 aromatic heterocycles. The first-order valence-corrected chi connectivity index (χ1v) is 8.55. The quantitative estimate of drug-likeness (QED) is 0.729. The molecule has 0 heterocycles. The number of hydrogen-bond acceptors (Lipinski definition) is 4. The highest BCUT2D eigenvalue weighted by molar-refractivity contribution is 7.98. The van der Waals surface area contributed by atoms with Crippen LogP contribution in [0.5, 0.6) is 5.75 Å². The first kappa shape index (κ1) is 18.4. The van der Waals surface area contributed by atoms with Gasteiger partial charge in [-0.1, -0.05) is 18.2 Å². The molecule has 1 amide bonds. The fraction of sp³-hybridized carbons (Fsp3) is 0.500. The highest BCUT2D eigenvalue weighted by Gasteiger charge is 2.19. The number of carbonyl (C=O) groups excluding carboxylic acids is 1. The summed E-state index contributed by atoms with van der Waals surface area (Å²) in [6, 6.07) is 5.02. The Morgan fingerprint density at radius 3 is 2.50 bits per heavy atom. The second-order valence-corrected chi connectivity index (χ2v) is 6.04. The maximum atomic E-state index is 11.8. The standard InChI is InChI=1S/C16H23NO4S/c1-11-5-4-6-12(2)15(11)21-9-7-14(18)17-13(16(19)20)8-10-22-3/h4-6,13H,7-10H2,1-3H3,(H,17,18)(H,19,20). The van der Waals surface area contributed by atoms with E-state index in [1.54, 1.807) is 11.8 Å². The molecule has 122 valence electrons. The molecule has 0 aliphatic carbocycles. The molecule has 6 heteroatoms. The van der Waals surface area contributed by atoms with Crippen LogP contribution in [0.15, 0.2) is 18.2 Å². The second-order valence-electron chi connectivity index (χ2n) is 5.06. The Labute approximate surface area is 135 Å². The molecule has 5 nitrogen and oxygen atoms in total. The zero-order valence-electron chi connectivity index (χ0n) is 13.2. The number of thioether (sulfide) groups is 1. The number of aliphatic carboxylic acids is 1. The minimum atomic E-state index is -1.00. The van der Waals surface area contributed by atoms with E-state index in [-0.39, 0.29) is 18.9 Å². The van der Waals surface area contributed by atoms with Crippen molar-refractivity contribution in [3.05, 3.63) is 29.3 Å². The molecule has 0 saturated heterocycles. The molecule has 2 N–H and O–H groups in total. The SMILES string of the molecule is CSCCC(NC(=O)CCOc1c(C)cccc1C)C(=O)O. The Balaban J connectivity index is 2.44. The molecule has 0 fully saturated rings. The summed E-state index contributed by atoms with van der Waals surface area (Å²) in [5.74, 6) is 0.168. The third-order valence-corrected chi connectivity index (χ3v) is 3.87. The molecule has 0 bridgehead atoms. The van der Waals surface area contributed by atoms with Crippen LogP contribution in [-0.2, 0) is 9.59 Å². The van der Waals surface area contributed by atoms with E-state index < -0.39 is 12.0 Å². The summed E-state index contributed by atoms with van der Waals surface area (Å²) in [7, 11) is 0. The van der Waals surface area contributed by atoms with Crippen molar-refractivity contribution in [1.82, 2.24) is 5.32 Å². The van der Waals surface area contributed by atoms with Gasteiger partial charge in [0, 0.05) is 0 Å². The fourth-order valence-electron chi connectivity index (χ4n) is 2.03. The number of nitrogens with one attached hydrogen (secondary N) is 1. The maximum Gasteiger partial charge on any atom is 0.326 e. The first-order chi connectivity index (χ1) is 10.5. The number of ether oxygens (including phenoxy) is 1. The van der Waals surface area contributed by atoms with E-state index in [0.29, 0.717) is 12.2 Å². The normalized spacial score (nSPS) is 11.8. The van der Waals surface area contributed by atoms with E-state index in [1.165, 1.54) is 0 Å². The summed E-state index contributed by atoms with van der Waals surface area (Å²) in [4.78, 5) is 22.9. The van der Waals surface area contributed by atoms with Crippen LogP contribution in [0, 0.1) is 13.8 Å². The van der Waals surface area contributed by atoms with Crippen molar-refractivity contribution in [3.63, 3.8) is 0 Å². The number of carboxylic acid groups (broad SMARTS) is 1. The summed E-state index contributed by atoms with van der Waals surface area (Å²) >= 11 is 1.55. The van der Waals surface area contributed by atoms with Crippen molar-refractivity contribution in [1.29, 1.82) is 0 Å². The highest BCUT2D eigenvalue weighted by Crippen LogP contribution is 2.22. The average molecular weight is 325 g/mol. The van der Waals surface area contributed by atoms with Crippen molar-refractivity contribution >= 4 is 23.6 Å². The number of benzene rings is 1. The lowest BCUT2D eigenvalue weighted by Gasteiger charge is -2.15. The minimum Gasteiger partial charge on any atom is -0.493 e. The molecular formula is C16H23NO4S. The van der Waals surface area contributed by atoms with Crippen molar-refractivity contribution in [2.45, 2.75) is 32.7 Å². The zero-order chi connectivity index (χ0) is 16.5. The minimum absolute atomic E-state index is 0.136. The third-order valence-electron chi connectivity index (χ3n) is 3.23. The maximum absolute atomic E-state index is 11.8. The topological polar surface area (TPSA) is 75.6 Å². The number of hydrogen-bond donors (Lipinski definition) is 2. The lowest BCUT2D eigenvalue weighted by atomic mass is 10.1. The largest absolute Gasteiger partial charge is 0.493 e. The summed E-state index contributed by atoms with van der Waals surface area (Å²) in [6.45, 7) is 4.13. The van der Waals surface area contributed by atoms with Crippen LogP contribution in [0.4, 0.5) is 0 Å². The Bertz CT molecular complexity index is 499. The molecule has 0 aliphatic heterocycles. The predicted octanol–water partition coefficient (Wildman–Crippen LogP) is 2.39. The molecule has 1 aromatic carbocycles. The number of rotatable bonds is 9. The van der Waals surface area contributed by atoms with E-state index in [2.05, 4.69) is 5.32 Å². The van der Waals surface area contributed by atoms with E-state index >= 15 is 0 Å². The van der Waals surface area contributed by atoms with Crippen molar-refractivity contribution < 1.29 is 19.4 Å². The van der Waals surface area contributed by atoms with Gasteiger partial charge < -0.3 is 15.2 Å². The molecule has 0 saturated carbocycles. The number of amides is 1. The van der Waals surface area contributed by atoms with Crippen LogP contribution in [0.2, 0.25) is 0 Å². The van der Waals surface area contributed by atoms with Crippen LogP contribution in [0.1, 0.15) is 24.0 Å². The van der Waals surface area contributed by atoms with E-state index in [1.807, 2.05) is 38.3 Å². The Hall–Kier alpha value is -1.69. The molecule has 1 aromatic rings. The lowest BCUT2D eigenvalue weighted by Crippen LogP contribution is -2.41. The van der Waals surface area contributed by atoms with Gasteiger partial charge in [-0.25, -0.2) is 4.79 Å². The fourth-order valence-corrected chi connectivity index (χ4v) is 2.50. The van der Waals surface area contributed by atoms with Crippen LogP contribution in [0.3, 0.4) is 0 Å². The van der Waals surface area contributed by atoms with Gasteiger partial charge in [0.25, 0.3) is 0 Å². The zero-order valence-corrected chi connectivity index (χ0v) is 14.0. The van der Waals surface area contributed by atoms with Crippen molar-refractivity contribution in [2.24, 2.45) is 0 Å². The summed E-state index contributed by atoms with van der Waals surface area (Å²) in [5.41, 5.74) is 2.03. The monoisotopic (exact) mass is 325 g/mol. The van der Waals surface area contributed by atoms with Gasteiger partial charge in [-0.15, -0.1) is 0 Å². The first-order valence-electron chi connectivity index (χ1n) is 7.15. The Morgan fingerprint density at radius 1 is 1.32 bits per heavy atom. The molecule has 1 atom stereocenters. The lowest BCUT2D eigenvalue weighted by molar-refractivity contribution is -0.141. The van der Waals surface area contributed by atoms with Crippen LogP contribution in [-0.4, -0.2) is 41.6 Å². The summed E-state index contributed by atoms with van der Waals surface area (Å²) in [5, 5.41) is 11.6. The molecule has 1 unspecified atom stereocenters. The van der Waals surface area contributed by atoms with Crippen LogP contribution in [0.25, 0.3) is 0 Å². The molecule has 0 radical (unpaired) electrons. The van der Waals surface area contributed by atoms with Gasteiger partial charge in [0.1, 0.15) is 11.8 Å². The van der Waals surface area contributed by atoms with Gasteiger partial charge in [-0.3, -0.25) is 4.79 Å². The van der Waals surface area contributed by atoms with Gasteiger partial charge in [0.2, 0.25) is 5.91 Å². The molecule has 0 aliphatic rings. The van der Waals surface area contributed by atoms with E-state index in [0.717, 1.165) is 16.9 Å². The summed E-state index contributed by atoms with van der Waals surface area (Å²) in [6.07, 6.45) is 2.45. The van der Waals surface area contributed by atoms with Gasteiger partial charge in [-0.2, -0.15) is 11.8 Å². The highest BCUT2D eigenvalue weighted by atomic mass is 32.2. The van der Waals surface area contributed by atoms with Gasteiger partial charge in [0.05, 0.1) is 13.0 Å². The van der Waals surface area contributed by atoms with E-state index in [9.17, 15) is 9.59 Å². The predicted molar refractivity (Wildman–Crippen MR) is 88.6 cm³/mol. The second kappa shape index (κ2) is 9.35. The third kappa shape index (κ3) is 5.97. The Kier molecular flexibility index (Phi) is 7.80. The van der Waals surface area contributed by atoms with Gasteiger partial charge in [0.15, 0.2) is 0 Å². The molecule has 22 heavy (non-hydrogen) atoms. The van der Waals surface area contributed by atoms with Gasteiger partial charge in [-0.05, 0) is 43.4 Å². The number of para-hydroxylation sites is 1. The van der Waals surface area contributed by atoms with Crippen molar-refractivity contribution in [2.75, 3.05) is 18.6 Å². The molecular weight excluding hydrogens is 302 g/mol. The summed E-state index contributed by atoms with van der Waals surface area (Å²) < 4.78 is 5.65. The Morgan fingerprint density at radius 2 is 1.95 bits per heavy atom. The van der Waals surface area contributed by atoms with Gasteiger partial charge >= 0.3 is 5.97 Å². The van der Waals surface area contributed by atoms with Crippen LogP contribution >= 0.6 is 11.8 Å². The van der Waals surface area contributed by atoms with E-state index in [4.69, 9.17) is 9.84 Å². The van der Waals surface area contributed by atoms with Crippen molar-refractivity contribution in [3.8, 4) is 5.75 Å². The molecule has 1 rings (SSSR count). The number of carboxylic acids is 1. The number of aryl methyl sites for hydroxylation is 2. The van der Waals surface area contributed by atoms with Crippen LogP contribution < -0.4 is 10.1 Å². The number of carbonyl (C=O) groups is 2.